The molecule has 1 aromatic heterocycles. The van der Waals surface area contributed by atoms with Crippen LogP contribution in [0.3, 0.4) is 0 Å². The van der Waals surface area contributed by atoms with Crippen LogP contribution in [0.4, 0.5) is 21.9 Å². The fourth-order valence-corrected chi connectivity index (χ4v) is 5.31. The van der Waals surface area contributed by atoms with E-state index < -0.39 is 6.03 Å². The molecule has 2 heterocycles. The first-order valence-electron chi connectivity index (χ1n) is 14.5. The van der Waals surface area contributed by atoms with Crippen molar-refractivity contribution in [3.05, 3.63) is 78.1 Å². The van der Waals surface area contributed by atoms with E-state index in [9.17, 15) is 9.59 Å². The Kier molecular flexibility index (Phi) is 8.94. The van der Waals surface area contributed by atoms with E-state index in [1.54, 1.807) is 0 Å². The third-order valence-electron chi connectivity index (χ3n) is 7.56. The number of nitrogens with one attached hydrogen (secondary N) is 3. The summed E-state index contributed by atoms with van der Waals surface area (Å²) in [5.41, 5.74) is 5.43. The lowest BCUT2D eigenvalue weighted by molar-refractivity contribution is -0.114. The zero-order chi connectivity index (χ0) is 30.6. The highest BCUT2D eigenvalue weighted by Crippen LogP contribution is 2.39. The number of anilines is 3. The van der Waals surface area contributed by atoms with Gasteiger partial charge in [0.1, 0.15) is 0 Å². The molecule has 43 heavy (non-hydrogen) atoms. The van der Waals surface area contributed by atoms with Gasteiger partial charge in [0.15, 0.2) is 19.0 Å². The standard InChI is InChI=1S/C34H39N5O4/c1-22(40)36-30-18-24(34(2,3)4)19-31(32(30)42-5)38-33(41)37-29-13-12-26(27-8-6-7-9-28(27)29)23-10-11-25(35-20-23)21-39-14-16-43-17-15-39/h6-13,18-20H,14-17,21H2,1-5H3,(H,36,40)(H2,37,38,41)/p+1. The Hall–Kier alpha value is -4.47. The molecule has 9 heteroatoms. The van der Waals surface area contributed by atoms with Crippen LogP contribution in [0.1, 0.15) is 39.0 Å². The first-order chi connectivity index (χ1) is 20.6. The van der Waals surface area contributed by atoms with Crippen LogP contribution < -0.4 is 20.7 Å². The normalized spacial score (nSPS) is 13.9. The fraction of sp³-hybridized carbons (Fsp3) is 0.324. The second-order valence-corrected chi connectivity index (χ2v) is 11.8. The number of hydrogen-bond donors (Lipinski definition) is 3. The Bertz CT molecular complexity index is 1620. The van der Waals surface area contributed by atoms with Crippen molar-refractivity contribution in [1.82, 2.24) is 9.88 Å². The Balaban J connectivity index is 1.39. The number of ether oxygens (including phenoxy) is 2. The van der Waals surface area contributed by atoms with Crippen molar-refractivity contribution < 1.29 is 19.1 Å². The van der Waals surface area contributed by atoms with Crippen molar-refractivity contribution >= 4 is 39.8 Å². The molecule has 1 saturated heterocycles. The summed E-state index contributed by atoms with van der Waals surface area (Å²) < 4.78 is 10.0. The molecule has 0 saturated carbocycles. The van der Waals surface area contributed by atoms with Crippen LogP contribution in [0.25, 0.3) is 21.9 Å². The second kappa shape index (κ2) is 12.8. The smallest absolute Gasteiger partial charge is 0.323 e. The lowest BCUT2D eigenvalue weighted by atomic mass is 9.86. The number of carbonyl (C=O) groups excluding carboxylic acids is 2. The summed E-state index contributed by atoms with van der Waals surface area (Å²) in [5.74, 6) is 0.152. The van der Waals surface area contributed by atoms with Gasteiger partial charge in [-0.15, -0.1) is 0 Å². The lowest BCUT2D eigenvalue weighted by Crippen LogP contribution is -2.37. The molecular weight excluding hydrogens is 542 g/mol. The van der Waals surface area contributed by atoms with E-state index in [0.29, 0.717) is 22.8 Å². The number of urea groups is 1. The maximum Gasteiger partial charge on any atom is 0.323 e. The van der Waals surface area contributed by atoms with E-state index in [-0.39, 0.29) is 11.3 Å². The molecule has 3 aromatic carbocycles. The number of rotatable bonds is 7. The van der Waals surface area contributed by atoms with E-state index in [0.717, 1.165) is 66.0 Å². The highest BCUT2D eigenvalue weighted by molar-refractivity contribution is 6.10. The highest BCUT2D eigenvalue weighted by Gasteiger charge is 2.22. The number of aliphatic hydroxyl groups is 2. The van der Waals surface area contributed by atoms with Gasteiger partial charge in [-0.2, -0.15) is 0 Å². The first kappa shape index (κ1) is 30.0. The quantitative estimate of drug-likeness (QED) is 0.227. The van der Waals surface area contributed by atoms with Crippen LogP contribution in [0, 0.1) is 0 Å². The summed E-state index contributed by atoms with van der Waals surface area (Å²) in [7, 11) is 1.51. The molecule has 0 radical (unpaired) electrons. The third-order valence-corrected chi connectivity index (χ3v) is 7.56. The molecule has 224 valence electrons. The second-order valence-electron chi connectivity index (χ2n) is 11.8. The fourth-order valence-electron chi connectivity index (χ4n) is 5.31. The molecule has 0 aliphatic carbocycles. The summed E-state index contributed by atoms with van der Waals surface area (Å²) in [5, 5.41) is 10.7. The van der Waals surface area contributed by atoms with Crippen LogP contribution in [0.2, 0.25) is 0 Å². The molecule has 0 spiro atoms. The Morgan fingerprint density at radius 3 is 2.21 bits per heavy atom. The van der Waals surface area contributed by atoms with Crippen LogP contribution in [-0.4, -0.2) is 60.0 Å². The monoisotopic (exact) mass is 582 g/mol. The summed E-state index contributed by atoms with van der Waals surface area (Å²) >= 11 is 0. The van der Waals surface area contributed by atoms with Gasteiger partial charge in [-0.25, -0.2) is 4.79 Å². The van der Waals surface area contributed by atoms with Gasteiger partial charge in [-0.3, -0.25) is 14.7 Å². The molecule has 3 amide bonds. The van der Waals surface area contributed by atoms with Gasteiger partial charge in [-0.1, -0.05) is 57.2 Å². The number of amides is 3. The Labute approximate surface area is 252 Å². The first-order valence-corrected chi connectivity index (χ1v) is 14.5. The average Bonchev–Trinajstić information content (AvgIpc) is 2.97. The number of benzene rings is 3. The van der Waals surface area contributed by atoms with Gasteiger partial charge in [0, 0.05) is 30.6 Å². The highest BCUT2D eigenvalue weighted by atomic mass is 16.5. The van der Waals surface area contributed by atoms with Crippen LogP contribution >= 0.6 is 0 Å². The van der Waals surface area contributed by atoms with Gasteiger partial charge in [-0.05, 0) is 46.2 Å². The summed E-state index contributed by atoms with van der Waals surface area (Å²) in [6.07, 6.45) is 1.92. The van der Waals surface area contributed by atoms with Crippen LogP contribution in [0.5, 0.6) is 5.75 Å². The predicted octanol–water partition coefficient (Wildman–Crippen LogP) is 6.15. The minimum atomic E-state index is -0.424. The zero-order valence-electron chi connectivity index (χ0n) is 25.5. The molecular formula is C34H40N5O4+. The molecule has 1 fully saturated rings. The van der Waals surface area contributed by atoms with Gasteiger partial charge < -0.3 is 25.4 Å². The number of aromatic nitrogens is 1. The third kappa shape index (κ3) is 7.13. The van der Waals surface area contributed by atoms with Crippen molar-refractivity contribution in [2.75, 3.05) is 49.4 Å². The van der Waals surface area contributed by atoms with Gasteiger partial charge >= 0.3 is 6.03 Å². The lowest BCUT2D eigenvalue weighted by Gasteiger charge is -2.24. The largest absolute Gasteiger partial charge is 0.492 e. The number of pyridine rings is 1. The Morgan fingerprint density at radius 1 is 0.907 bits per heavy atom. The van der Waals surface area contributed by atoms with E-state index >= 15 is 0 Å². The molecule has 5 rings (SSSR count). The van der Waals surface area contributed by atoms with Crippen molar-refractivity contribution in [3.8, 4) is 16.9 Å². The number of hydrogen-bond acceptors (Lipinski definition) is 5. The summed E-state index contributed by atoms with van der Waals surface area (Å²) in [4.78, 5) is 32.4. The number of carbonyl (C=O) groups is 2. The molecule has 0 bridgehead atoms. The Morgan fingerprint density at radius 2 is 1.58 bits per heavy atom. The van der Waals surface area contributed by atoms with E-state index in [1.165, 1.54) is 14.0 Å². The van der Waals surface area contributed by atoms with Gasteiger partial charge in [0.2, 0.25) is 5.91 Å². The number of methoxy groups -OCH3 is 1. The SMILES string of the molecule is COc1c(NC(C)=O)cc(C(C)(C)C)cc1NC(=O)Nc1ccc(-c2ccc(CN3CC[OH+]CC3)nc2)c2ccccc12. The zero-order valence-corrected chi connectivity index (χ0v) is 25.5. The van der Waals surface area contributed by atoms with Crippen molar-refractivity contribution in [2.24, 2.45) is 0 Å². The maximum absolute atomic E-state index is 13.4. The molecule has 0 atom stereocenters. The van der Waals surface area contributed by atoms with Gasteiger partial charge in [0.05, 0.1) is 43.0 Å². The van der Waals surface area contributed by atoms with E-state index in [1.807, 2.05) is 48.7 Å². The summed E-state index contributed by atoms with van der Waals surface area (Å²) in [6.45, 7) is 12.2. The van der Waals surface area contributed by atoms with E-state index in [4.69, 9.17) is 9.72 Å². The average molecular weight is 583 g/mol. The minimum absolute atomic E-state index is 0.227. The van der Waals surface area contributed by atoms with Crippen LogP contribution in [-0.2, 0) is 16.8 Å². The number of fused-ring (bicyclic) bond motifs is 1. The van der Waals surface area contributed by atoms with Crippen molar-refractivity contribution in [1.29, 1.82) is 0 Å². The maximum atomic E-state index is 13.4. The van der Waals surface area contributed by atoms with E-state index in [2.05, 4.69) is 64.6 Å². The molecule has 4 N–H and O–H groups in total. The minimum Gasteiger partial charge on any atom is -0.492 e. The van der Waals surface area contributed by atoms with Crippen molar-refractivity contribution in [3.63, 3.8) is 0 Å². The topological polar surface area (TPSA) is 108 Å². The van der Waals surface area contributed by atoms with Gasteiger partial charge in [0.25, 0.3) is 0 Å². The summed E-state index contributed by atoms with van der Waals surface area (Å²) in [6, 6.07) is 19.4. The van der Waals surface area contributed by atoms with Crippen molar-refractivity contribution in [2.45, 2.75) is 39.7 Å². The number of nitrogens with zero attached hydrogens (tertiary/aromatic N) is 2. The van der Waals surface area contributed by atoms with Crippen LogP contribution in [0.15, 0.2) is 66.9 Å². The molecule has 1 aliphatic rings. The predicted molar refractivity (Wildman–Crippen MR) is 173 cm³/mol. The molecule has 9 nitrogen and oxygen atoms in total. The number of morpholine rings is 1. The molecule has 4 aromatic rings. The molecule has 0 unspecified atom stereocenters. The molecule has 1 aliphatic heterocycles.